The zero-order valence-corrected chi connectivity index (χ0v) is 14.1. The normalized spacial score (nSPS) is 19.7. The van der Waals surface area contributed by atoms with Crippen LogP contribution < -0.4 is 14.8 Å². The molecule has 1 aromatic carbocycles. The van der Waals surface area contributed by atoms with Crippen molar-refractivity contribution in [3.05, 3.63) is 22.2 Å². The van der Waals surface area contributed by atoms with E-state index in [2.05, 4.69) is 39.1 Å². The van der Waals surface area contributed by atoms with Crippen molar-refractivity contribution in [2.45, 2.75) is 38.8 Å². The average molecular weight is 355 g/mol. The first-order valence-corrected chi connectivity index (χ1v) is 8.55. The molecular formula is C16H23BrN2O2. The second-order valence-corrected chi connectivity index (χ2v) is 6.79. The summed E-state index contributed by atoms with van der Waals surface area (Å²) < 4.78 is 11.9. The van der Waals surface area contributed by atoms with E-state index in [9.17, 15) is 0 Å². The zero-order valence-electron chi connectivity index (χ0n) is 12.5. The molecule has 0 radical (unpaired) electrons. The van der Waals surface area contributed by atoms with Crippen LogP contribution in [0.3, 0.4) is 0 Å². The molecule has 4 nitrogen and oxygen atoms in total. The fourth-order valence-electron chi connectivity index (χ4n) is 2.97. The lowest BCUT2D eigenvalue weighted by atomic mass is 10.1. The van der Waals surface area contributed by atoms with E-state index in [-0.39, 0.29) is 0 Å². The molecule has 1 atom stereocenters. The average Bonchev–Trinajstić information content (AvgIpc) is 2.93. The minimum absolute atomic E-state index is 0.323. The summed E-state index contributed by atoms with van der Waals surface area (Å²) in [6.45, 7) is 7.05. The third-order valence-electron chi connectivity index (χ3n) is 4.16. The number of halogens is 1. The number of benzene rings is 1. The topological polar surface area (TPSA) is 33.7 Å². The van der Waals surface area contributed by atoms with Crippen LogP contribution in [0.5, 0.6) is 11.5 Å². The quantitative estimate of drug-likeness (QED) is 0.880. The number of hydrogen-bond acceptors (Lipinski definition) is 4. The van der Waals surface area contributed by atoms with Crippen LogP contribution >= 0.6 is 15.9 Å². The van der Waals surface area contributed by atoms with Crippen molar-refractivity contribution in [3.8, 4) is 11.5 Å². The minimum Gasteiger partial charge on any atom is -0.454 e. The van der Waals surface area contributed by atoms with Gasteiger partial charge in [-0.05, 0) is 50.6 Å². The van der Waals surface area contributed by atoms with Crippen molar-refractivity contribution in [2.24, 2.45) is 0 Å². The third kappa shape index (κ3) is 3.90. The lowest BCUT2D eigenvalue weighted by Crippen LogP contribution is -2.41. The maximum atomic E-state index is 5.44. The van der Waals surface area contributed by atoms with Gasteiger partial charge in [0.15, 0.2) is 11.5 Å². The molecule has 116 valence electrons. The molecule has 0 aromatic heterocycles. The maximum Gasteiger partial charge on any atom is 0.231 e. The van der Waals surface area contributed by atoms with Gasteiger partial charge in [0.2, 0.25) is 6.79 Å². The molecule has 5 heteroatoms. The molecule has 0 amide bonds. The number of likely N-dealkylation sites (tertiary alicyclic amines) is 1. The van der Waals surface area contributed by atoms with E-state index >= 15 is 0 Å². The van der Waals surface area contributed by atoms with Gasteiger partial charge < -0.3 is 19.7 Å². The minimum atomic E-state index is 0.323. The Hall–Kier alpha value is -0.780. The van der Waals surface area contributed by atoms with E-state index < -0.39 is 0 Å². The first-order valence-electron chi connectivity index (χ1n) is 7.76. The second-order valence-electron chi connectivity index (χ2n) is 5.94. The molecule has 0 saturated carbocycles. The number of nitrogens with one attached hydrogen (secondary N) is 1. The monoisotopic (exact) mass is 354 g/mol. The molecule has 0 bridgehead atoms. The van der Waals surface area contributed by atoms with Crippen molar-refractivity contribution in [3.63, 3.8) is 0 Å². The molecule has 0 aliphatic carbocycles. The van der Waals surface area contributed by atoms with Crippen LogP contribution in [-0.2, 0) is 6.54 Å². The van der Waals surface area contributed by atoms with Crippen LogP contribution in [0.2, 0.25) is 0 Å². The Morgan fingerprint density at radius 1 is 1.19 bits per heavy atom. The highest BCUT2D eigenvalue weighted by atomic mass is 79.9. The largest absolute Gasteiger partial charge is 0.454 e. The summed E-state index contributed by atoms with van der Waals surface area (Å²) >= 11 is 3.61. The predicted molar refractivity (Wildman–Crippen MR) is 86.9 cm³/mol. The zero-order chi connectivity index (χ0) is 14.7. The van der Waals surface area contributed by atoms with Crippen LogP contribution in [-0.4, -0.2) is 37.4 Å². The van der Waals surface area contributed by atoms with E-state index in [4.69, 9.17) is 9.47 Å². The summed E-state index contributed by atoms with van der Waals surface area (Å²) in [7, 11) is 0. The number of fused-ring (bicyclic) bond motifs is 1. The Morgan fingerprint density at radius 3 is 2.67 bits per heavy atom. The summed E-state index contributed by atoms with van der Waals surface area (Å²) in [5.74, 6) is 1.67. The summed E-state index contributed by atoms with van der Waals surface area (Å²) in [6.07, 6.45) is 4.09. The number of nitrogens with zero attached hydrogens (tertiary/aromatic N) is 1. The van der Waals surface area contributed by atoms with Gasteiger partial charge >= 0.3 is 0 Å². The van der Waals surface area contributed by atoms with Crippen molar-refractivity contribution in [2.75, 3.05) is 26.4 Å². The molecule has 0 spiro atoms. The van der Waals surface area contributed by atoms with Crippen LogP contribution in [0.25, 0.3) is 0 Å². The molecule has 1 fully saturated rings. The summed E-state index contributed by atoms with van der Waals surface area (Å²) in [6, 6.07) is 4.54. The Kier molecular flexibility index (Phi) is 5.03. The Morgan fingerprint density at radius 2 is 1.90 bits per heavy atom. The molecule has 2 aliphatic heterocycles. The van der Waals surface area contributed by atoms with Gasteiger partial charge in [0.05, 0.1) is 0 Å². The van der Waals surface area contributed by atoms with Crippen LogP contribution in [0, 0.1) is 0 Å². The third-order valence-corrected chi connectivity index (χ3v) is 4.90. The van der Waals surface area contributed by atoms with Gasteiger partial charge in [-0.25, -0.2) is 0 Å². The second kappa shape index (κ2) is 6.99. The molecule has 3 rings (SSSR count). The summed E-state index contributed by atoms with van der Waals surface area (Å²) in [5.41, 5.74) is 1.21. The highest BCUT2D eigenvalue weighted by Crippen LogP contribution is 2.36. The fourth-order valence-corrected chi connectivity index (χ4v) is 3.44. The molecule has 21 heavy (non-hydrogen) atoms. The van der Waals surface area contributed by atoms with Crippen molar-refractivity contribution in [1.82, 2.24) is 10.2 Å². The van der Waals surface area contributed by atoms with Gasteiger partial charge in [0.25, 0.3) is 0 Å². The highest BCUT2D eigenvalue weighted by Gasteiger charge is 2.17. The Labute approximate surface area is 134 Å². The van der Waals surface area contributed by atoms with E-state index in [1.807, 2.05) is 6.07 Å². The standard InChI is InChI=1S/C16H23BrN2O2/c1-12(10-19-5-3-2-4-6-19)18-9-13-7-15-16(8-14(13)17)21-11-20-15/h7-8,12,18H,2-6,9-11H2,1H3. The van der Waals surface area contributed by atoms with Crippen LogP contribution in [0.15, 0.2) is 16.6 Å². The van der Waals surface area contributed by atoms with E-state index in [1.54, 1.807) is 0 Å². The summed E-state index contributed by atoms with van der Waals surface area (Å²) in [5, 5.41) is 3.61. The molecule has 1 N–H and O–H groups in total. The maximum absolute atomic E-state index is 5.44. The van der Waals surface area contributed by atoms with Gasteiger partial charge in [0, 0.05) is 23.6 Å². The SMILES string of the molecule is CC(CN1CCCCC1)NCc1cc2c(cc1Br)OCO2. The number of rotatable bonds is 5. The molecular weight excluding hydrogens is 332 g/mol. The van der Waals surface area contributed by atoms with Crippen molar-refractivity contribution in [1.29, 1.82) is 0 Å². The Balaban J connectivity index is 1.52. The first-order chi connectivity index (χ1) is 10.2. The Bertz CT molecular complexity index is 489. The molecule has 2 aliphatic rings. The number of ether oxygens (including phenoxy) is 2. The number of hydrogen-bond donors (Lipinski definition) is 1. The van der Waals surface area contributed by atoms with Gasteiger partial charge in [-0.1, -0.05) is 22.4 Å². The lowest BCUT2D eigenvalue weighted by Gasteiger charge is -2.29. The van der Waals surface area contributed by atoms with E-state index in [0.29, 0.717) is 12.8 Å². The predicted octanol–water partition coefficient (Wildman–Crippen LogP) is 3.14. The van der Waals surface area contributed by atoms with Gasteiger partial charge in [-0.2, -0.15) is 0 Å². The van der Waals surface area contributed by atoms with Gasteiger partial charge in [-0.3, -0.25) is 0 Å². The summed E-state index contributed by atoms with van der Waals surface area (Å²) in [4.78, 5) is 2.57. The van der Waals surface area contributed by atoms with Gasteiger partial charge in [-0.15, -0.1) is 0 Å². The van der Waals surface area contributed by atoms with Crippen LogP contribution in [0.1, 0.15) is 31.7 Å². The molecule has 1 aromatic rings. The van der Waals surface area contributed by atoms with E-state index in [0.717, 1.165) is 29.1 Å². The number of piperidine rings is 1. The van der Waals surface area contributed by atoms with Crippen molar-refractivity contribution < 1.29 is 9.47 Å². The lowest BCUT2D eigenvalue weighted by molar-refractivity contribution is 0.174. The van der Waals surface area contributed by atoms with Gasteiger partial charge in [0.1, 0.15) is 0 Å². The highest BCUT2D eigenvalue weighted by molar-refractivity contribution is 9.10. The van der Waals surface area contributed by atoms with Crippen molar-refractivity contribution >= 4 is 15.9 Å². The molecule has 1 saturated heterocycles. The molecule has 1 unspecified atom stereocenters. The molecule has 2 heterocycles. The smallest absolute Gasteiger partial charge is 0.231 e. The van der Waals surface area contributed by atoms with Crippen LogP contribution in [0.4, 0.5) is 0 Å². The fraction of sp³-hybridized carbons (Fsp3) is 0.625. The first kappa shape index (κ1) is 15.1. The van der Waals surface area contributed by atoms with E-state index in [1.165, 1.54) is 37.9 Å².